The summed E-state index contributed by atoms with van der Waals surface area (Å²) in [4.78, 5) is 4.39. The van der Waals surface area contributed by atoms with Crippen LogP contribution in [0.25, 0.3) is 11.1 Å². The maximum atomic E-state index is 10.2. The summed E-state index contributed by atoms with van der Waals surface area (Å²) >= 11 is 0. The van der Waals surface area contributed by atoms with E-state index in [-0.39, 0.29) is 6.10 Å². The van der Waals surface area contributed by atoms with Gasteiger partial charge in [0, 0.05) is 13.2 Å². The minimum Gasteiger partial charge on any atom is -0.441 e. The first kappa shape index (κ1) is 11.7. The molecule has 0 spiro atoms. The van der Waals surface area contributed by atoms with Gasteiger partial charge < -0.3 is 14.3 Å². The van der Waals surface area contributed by atoms with Crippen LogP contribution in [0, 0.1) is 5.92 Å². The number of benzene rings is 1. The molecule has 0 saturated carbocycles. The van der Waals surface area contributed by atoms with Crippen LogP contribution in [0.5, 0.6) is 0 Å². The molecule has 1 aromatic carbocycles. The van der Waals surface area contributed by atoms with Crippen LogP contribution < -0.4 is 0 Å². The number of rotatable bonds is 3. The first-order valence-corrected chi connectivity index (χ1v) is 6.43. The standard InChI is InChI=1S/C14H17NO3/c16-12(10-5-7-17-8-6-10)9-14-15-11-3-1-2-4-13(11)18-14/h1-4,10,12,16H,5-9H2. The number of ether oxygens (including phenoxy) is 1. The summed E-state index contributed by atoms with van der Waals surface area (Å²) in [5.74, 6) is 0.920. The van der Waals surface area contributed by atoms with Gasteiger partial charge in [0.05, 0.1) is 12.5 Å². The van der Waals surface area contributed by atoms with Gasteiger partial charge in [-0.1, -0.05) is 12.1 Å². The van der Waals surface area contributed by atoms with Crippen LogP contribution in [-0.4, -0.2) is 29.4 Å². The Labute approximate surface area is 106 Å². The molecule has 0 radical (unpaired) electrons. The van der Waals surface area contributed by atoms with Crippen molar-refractivity contribution in [2.75, 3.05) is 13.2 Å². The molecule has 2 aromatic rings. The highest BCUT2D eigenvalue weighted by molar-refractivity contribution is 5.72. The zero-order valence-electron chi connectivity index (χ0n) is 10.2. The van der Waals surface area contributed by atoms with E-state index in [9.17, 15) is 5.11 Å². The summed E-state index contributed by atoms with van der Waals surface area (Å²) in [6, 6.07) is 7.67. The number of aliphatic hydroxyl groups excluding tert-OH is 1. The highest BCUT2D eigenvalue weighted by atomic mass is 16.5. The highest BCUT2D eigenvalue weighted by Crippen LogP contribution is 2.23. The Kier molecular flexibility index (Phi) is 3.30. The molecule has 1 atom stereocenters. The number of oxazole rings is 1. The fourth-order valence-corrected chi connectivity index (χ4v) is 2.45. The van der Waals surface area contributed by atoms with Gasteiger partial charge in [0.25, 0.3) is 0 Å². The van der Waals surface area contributed by atoms with Crippen LogP contribution in [0.3, 0.4) is 0 Å². The number of aliphatic hydroxyl groups is 1. The van der Waals surface area contributed by atoms with Crippen molar-refractivity contribution in [1.29, 1.82) is 0 Å². The fraction of sp³-hybridized carbons (Fsp3) is 0.500. The Balaban J connectivity index is 1.71. The molecule has 1 aromatic heterocycles. The number of aromatic nitrogens is 1. The van der Waals surface area contributed by atoms with E-state index in [1.807, 2.05) is 24.3 Å². The largest absolute Gasteiger partial charge is 0.441 e. The SMILES string of the molecule is OC(Cc1nc2ccccc2o1)C1CCOCC1. The molecule has 0 bridgehead atoms. The second-order valence-corrected chi connectivity index (χ2v) is 4.80. The Morgan fingerprint density at radius 1 is 1.28 bits per heavy atom. The fourth-order valence-electron chi connectivity index (χ4n) is 2.45. The van der Waals surface area contributed by atoms with E-state index in [1.165, 1.54) is 0 Å². The maximum Gasteiger partial charge on any atom is 0.198 e. The smallest absolute Gasteiger partial charge is 0.198 e. The van der Waals surface area contributed by atoms with Gasteiger partial charge >= 0.3 is 0 Å². The monoisotopic (exact) mass is 247 g/mol. The molecule has 1 fully saturated rings. The van der Waals surface area contributed by atoms with Gasteiger partial charge in [-0.25, -0.2) is 4.98 Å². The number of para-hydroxylation sites is 2. The maximum absolute atomic E-state index is 10.2. The van der Waals surface area contributed by atoms with Crippen LogP contribution in [0.1, 0.15) is 18.7 Å². The zero-order valence-corrected chi connectivity index (χ0v) is 10.2. The van der Waals surface area contributed by atoms with Gasteiger partial charge in [-0.05, 0) is 30.9 Å². The second kappa shape index (κ2) is 5.08. The summed E-state index contributed by atoms with van der Waals surface area (Å²) in [5.41, 5.74) is 1.64. The third-order valence-corrected chi connectivity index (χ3v) is 3.53. The van der Waals surface area contributed by atoms with Crippen LogP contribution in [0.2, 0.25) is 0 Å². The van der Waals surface area contributed by atoms with E-state index >= 15 is 0 Å². The van der Waals surface area contributed by atoms with Crippen molar-refractivity contribution in [3.05, 3.63) is 30.2 Å². The highest BCUT2D eigenvalue weighted by Gasteiger charge is 2.23. The molecule has 18 heavy (non-hydrogen) atoms. The average molecular weight is 247 g/mol. The van der Waals surface area contributed by atoms with Crippen molar-refractivity contribution in [3.8, 4) is 0 Å². The first-order chi connectivity index (χ1) is 8.83. The van der Waals surface area contributed by atoms with Crippen molar-refractivity contribution in [3.63, 3.8) is 0 Å². The van der Waals surface area contributed by atoms with E-state index < -0.39 is 0 Å². The third-order valence-electron chi connectivity index (χ3n) is 3.53. The van der Waals surface area contributed by atoms with Gasteiger partial charge in [0.1, 0.15) is 5.52 Å². The van der Waals surface area contributed by atoms with Gasteiger partial charge in [0.15, 0.2) is 11.5 Å². The minimum absolute atomic E-state index is 0.300. The lowest BCUT2D eigenvalue weighted by Crippen LogP contribution is -2.28. The van der Waals surface area contributed by atoms with Crippen molar-refractivity contribution >= 4 is 11.1 Å². The van der Waals surface area contributed by atoms with Crippen molar-refractivity contribution in [1.82, 2.24) is 4.98 Å². The predicted octanol–water partition coefficient (Wildman–Crippen LogP) is 2.16. The Morgan fingerprint density at radius 3 is 2.83 bits per heavy atom. The molecular weight excluding hydrogens is 230 g/mol. The molecule has 4 heteroatoms. The summed E-state index contributed by atoms with van der Waals surface area (Å²) in [5, 5.41) is 10.2. The summed E-state index contributed by atoms with van der Waals surface area (Å²) in [6.07, 6.45) is 1.93. The first-order valence-electron chi connectivity index (χ1n) is 6.43. The molecule has 1 aliphatic rings. The summed E-state index contributed by atoms with van der Waals surface area (Å²) < 4.78 is 10.9. The number of fused-ring (bicyclic) bond motifs is 1. The molecule has 3 rings (SSSR count). The minimum atomic E-state index is -0.387. The van der Waals surface area contributed by atoms with E-state index in [2.05, 4.69) is 4.98 Å². The molecule has 1 aliphatic heterocycles. The quantitative estimate of drug-likeness (QED) is 0.903. The van der Waals surface area contributed by atoms with E-state index in [1.54, 1.807) is 0 Å². The molecule has 0 amide bonds. The summed E-state index contributed by atoms with van der Waals surface area (Å²) in [6.45, 7) is 1.49. The lowest BCUT2D eigenvalue weighted by Gasteiger charge is -2.25. The molecule has 1 unspecified atom stereocenters. The molecule has 96 valence electrons. The third kappa shape index (κ3) is 2.40. The van der Waals surface area contributed by atoms with Crippen LogP contribution in [0.15, 0.2) is 28.7 Å². The van der Waals surface area contributed by atoms with Gasteiger partial charge in [-0.3, -0.25) is 0 Å². The van der Waals surface area contributed by atoms with Gasteiger partial charge in [-0.15, -0.1) is 0 Å². The molecule has 0 aliphatic carbocycles. The average Bonchev–Trinajstić information content (AvgIpc) is 2.82. The molecule has 1 N–H and O–H groups in total. The second-order valence-electron chi connectivity index (χ2n) is 4.80. The van der Waals surface area contributed by atoms with Crippen LogP contribution >= 0.6 is 0 Å². The normalized spacial score (nSPS) is 19.2. The lowest BCUT2D eigenvalue weighted by atomic mass is 9.92. The zero-order chi connectivity index (χ0) is 12.4. The number of hydrogen-bond acceptors (Lipinski definition) is 4. The molecule has 2 heterocycles. The lowest BCUT2D eigenvalue weighted by molar-refractivity contribution is 0.00634. The summed E-state index contributed by atoms with van der Waals surface area (Å²) in [7, 11) is 0. The molecule has 1 saturated heterocycles. The van der Waals surface area contributed by atoms with Gasteiger partial charge in [0.2, 0.25) is 0 Å². The topological polar surface area (TPSA) is 55.5 Å². The van der Waals surface area contributed by atoms with Crippen molar-refractivity contribution < 1.29 is 14.3 Å². The van der Waals surface area contributed by atoms with Crippen molar-refractivity contribution in [2.24, 2.45) is 5.92 Å². The van der Waals surface area contributed by atoms with Crippen molar-refractivity contribution in [2.45, 2.75) is 25.4 Å². The Hall–Kier alpha value is -1.39. The van der Waals surface area contributed by atoms with E-state index in [4.69, 9.17) is 9.15 Å². The Bertz CT molecular complexity index is 483. The van der Waals surface area contributed by atoms with Gasteiger partial charge in [-0.2, -0.15) is 0 Å². The van der Waals surface area contributed by atoms with E-state index in [0.29, 0.717) is 18.2 Å². The molecular formula is C14H17NO3. The Morgan fingerprint density at radius 2 is 2.06 bits per heavy atom. The molecule has 4 nitrogen and oxygen atoms in total. The van der Waals surface area contributed by atoms with Crippen LogP contribution in [0.4, 0.5) is 0 Å². The predicted molar refractivity (Wildman–Crippen MR) is 67.3 cm³/mol. The number of nitrogens with zero attached hydrogens (tertiary/aromatic N) is 1. The van der Waals surface area contributed by atoms with E-state index in [0.717, 1.165) is 37.2 Å². The number of hydrogen-bond donors (Lipinski definition) is 1. The van der Waals surface area contributed by atoms with Crippen LogP contribution in [-0.2, 0) is 11.2 Å².